The lowest BCUT2D eigenvalue weighted by atomic mass is 10.2. The van der Waals surface area contributed by atoms with Gasteiger partial charge in [0.15, 0.2) is 0 Å². The zero-order chi connectivity index (χ0) is 11.1. The van der Waals surface area contributed by atoms with Crippen molar-refractivity contribution in [1.82, 2.24) is 5.32 Å². The summed E-state index contributed by atoms with van der Waals surface area (Å²) in [5, 5.41) is 3.41. The average molecular weight is 207 g/mol. The van der Waals surface area contributed by atoms with E-state index >= 15 is 0 Å². The van der Waals surface area contributed by atoms with Crippen LogP contribution in [0.1, 0.15) is 33.0 Å². The standard InChI is InChI=1S/C13H21NO/c1-11(2)10-14-8-4-6-12(3)13-7-5-9-15-13/h5-7,9,11,14H,4,8,10H2,1-3H3. The maximum Gasteiger partial charge on any atom is 0.129 e. The first-order valence-corrected chi connectivity index (χ1v) is 5.61. The van der Waals surface area contributed by atoms with E-state index in [0.29, 0.717) is 0 Å². The van der Waals surface area contributed by atoms with Gasteiger partial charge in [0.2, 0.25) is 0 Å². The van der Waals surface area contributed by atoms with Crippen LogP contribution in [-0.2, 0) is 0 Å². The van der Waals surface area contributed by atoms with Gasteiger partial charge in [-0.3, -0.25) is 0 Å². The minimum Gasteiger partial charge on any atom is -0.465 e. The molecule has 1 N–H and O–H groups in total. The van der Waals surface area contributed by atoms with Gasteiger partial charge >= 0.3 is 0 Å². The summed E-state index contributed by atoms with van der Waals surface area (Å²) in [6, 6.07) is 3.91. The first-order valence-electron chi connectivity index (χ1n) is 5.61. The summed E-state index contributed by atoms with van der Waals surface area (Å²) in [5.41, 5.74) is 1.21. The summed E-state index contributed by atoms with van der Waals surface area (Å²) in [6.45, 7) is 8.65. The van der Waals surface area contributed by atoms with Crippen LogP contribution < -0.4 is 5.32 Å². The van der Waals surface area contributed by atoms with Crippen molar-refractivity contribution in [3.63, 3.8) is 0 Å². The van der Waals surface area contributed by atoms with E-state index in [2.05, 4.69) is 32.2 Å². The minimum absolute atomic E-state index is 0.722. The van der Waals surface area contributed by atoms with E-state index in [1.165, 1.54) is 5.57 Å². The van der Waals surface area contributed by atoms with Crippen LogP contribution in [0.25, 0.3) is 5.57 Å². The molecule has 0 unspecified atom stereocenters. The third-order valence-corrected chi connectivity index (χ3v) is 2.23. The largest absolute Gasteiger partial charge is 0.465 e. The number of rotatable bonds is 6. The van der Waals surface area contributed by atoms with Crippen LogP contribution in [0.3, 0.4) is 0 Å². The molecular weight excluding hydrogens is 186 g/mol. The topological polar surface area (TPSA) is 25.2 Å². The molecule has 0 aromatic carbocycles. The van der Waals surface area contributed by atoms with Crippen molar-refractivity contribution in [2.45, 2.75) is 27.2 Å². The molecule has 1 aromatic heterocycles. The molecule has 84 valence electrons. The molecule has 2 heteroatoms. The monoisotopic (exact) mass is 207 g/mol. The van der Waals surface area contributed by atoms with Gasteiger partial charge in [0, 0.05) is 0 Å². The van der Waals surface area contributed by atoms with Crippen LogP contribution in [-0.4, -0.2) is 13.1 Å². The van der Waals surface area contributed by atoms with Gasteiger partial charge in [0.1, 0.15) is 5.76 Å². The third-order valence-electron chi connectivity index (χ3n) is 2.23. The van der Waals surface area contributed by atoms with Crippen molar-refractivity contribution in [3.05, 3.63) is 30.2 Å². The predicted molar refractivity (Wildman–Crippen MR) is 64.7 cm³/mol. The van der Waals surface area contributed by atoms with Crippen LogP contribution in [0.4, 0.5) is 0 Å². The summed E-state index contributed by atoms with van der Waals surface area (Å²) in [7, 11) is 0. The molecule has 0 saturated carbocycles. The van der Waals surface area contributed by atoms with E-state index in [1.54, 1.807) is 6.26 Å². The smallest absolute Gasteiger partial charge is 0.129 e. The highest BCUT2D eigenvalue weighted by atomic mass is 16.3. The van der Waals surface area contributed by atoms with Gasteiger partial charge in [0.05, 0.1) is 6.26 Å². The fraction of sp³-hybridized carbons (Fsp3) is 0.538. The quantitative estimate of drug-likeness (QED) is 0.724. The molecule has 0 aliphatic carbocycles. The Hall–Kier alpha value is -1.02. The number of nitrogens with one attached hydrogen (secondary N) is 1. The maximum absolute atomic E-state index is 5.30. The molecule has 0 amide bonds. The summed E-state index contributed by atoms with van der Waals surface area (Å²) in [5.74, 6) is 1.69. The number of hydrogen-bond donors (Lipinski definition) is 1. The van der Waals surface area contributed by atoms with Crippen LogP contribution in [0.2, 0.25) is 0 Å². The summed E-state index contributed by atoms with van der Waals surface area (Å²) in [6.07, 6.45) is 4.98. The van der Waals surface area contributed by atoms with E-state index in [9.17, 15) is 0 Å². The lowest BCUT2D eigenvalue weighted by Gasteiger charge is -2.05. The molecule has 0 saturated heterocycles. The normalized spacial score (nSPS) is 12.4. The van der Waals surface area contributed by atoms with E-state index in [-0.39, 0.29) is 0 Å². The van der Waals surface area contributed by atoms with Crippen molar-refractivity contribution >= 4 is 5.57 Å². The maximum atomic E-state index is 5.30. The van der Waals surface area contributed by atoms with Gasteiger partial charge in [-0.05, 0) is 50.1 Å². The SMILES string of the molecule is CC(=CCCNCC(C)C)c1ccco1. The lowest BCUT2D eigenvalue weighted by molar-refractivity contribution is 0.550. The highest BCUT2D eigenvalue weighted by Gasteiger charge is 1.97. The Bertz CT molecular complexity index is 285. The van der Waals surface area contributed by atoms with Crippen molar-refractivity contribution in [2.24, 2.45) is 5.92 Å². The highest BCUT2D eigenvalue weighted by Crippen LogP contribution is 2.13. The van der Waals surface area contributed by atoms with Gasteiger partial charge in [-0.25, -0.2) is 0 Å². The molecule has 15 heavy (non-hydrogen) atoms. The predicted octanol–water partition coefficient (Wildman–Crippen LogP) is 3.32. The van der Waals surface area contributed by atoms with E-state index < -0.39 is 0 Å². The molecule has 1 heterocycles. The Kier molecular flexibility index (Phi) is 5.19. The van der Waals surface area contributed by atoms with Crippen LogP contribution in [0, 0.1) is 5.92 Å². The fourth-order valence-electron chi connectivity index (χ4n) is 1.39. The third kappa shape index (κ3) is 4.84. The number of furan rings is 1. The summed E-state index contributed by atoms with van der Waals surface area (Å²) in [4.78, 5) is 0. The zero-order valence-electron chi connectivity index (χ0n) is 9.92. The second kappa shape index (κ2) is 6.46. The second-order valence-corrected chi connectivity index (χ2v) is 4.25. The Labute approximate surface area is 92.4 Å². The Morgan fingerprint density at radius 3 is 2.93 bits per heavy atom. The van der Waals surface area contributed by atoms with Gasteiger partial charge in [-0.2, -0.15) is 0 Å². The first-order chi connectivity index (χ1) is 7.20. The molecule has 0 atom stereocenters. The summed E-state index contributed by atoms with van der Waals surface area (Å²) >= 11 is 0. The van der Waals surface area contributed by atoms with Crippen molar-refractivity contribution < 1.29 is 4.42 Å². The van der Waals surface area contributed by atoms with Crippen molar-refractivity contribution in [1.29, 1.82) is 0 Å². The van der Waals surface area contributed by atoms with Crippen LogP contribution in [0.15, 0.2) is 28.9 Å². The Balaban J connectivity index is 2.21. The molecule has 0 aliphatic heterocycles. The molecule has 0 fully saturated rings. The number of allylic oxidation sites excluding steroid dienone is 1. The average Bonchev–Trinajstić information content (AvgIpc) is 2.69. The molecule has 1 rings (SSSR count). The molecule has 1 aromatic rings. The van der Waals surface area contributed by atoms with Crippen molar-refractivity contribution in [2.75, 3.05) is 13.1 Å². The van der Waals surface area contributed by atoms with Crippen molar-refractivity contribution in [3.8, 4) is 0 Å². The number of hydrogen-bond acceptors (Lipinski definition) is 2. The highest BCUT2D eigenvalue weighted by molar-refractivity contribution is 5.58. The molecule has 0 spiro atoms. The minimum atomic E-state index is 0.722. The molecule has 0 aliphatic rings. The van der Waals surface area contributed by atoms with E-state index in [4.69, 9.17) is 4.42 Å². The molecule has 0 bridgehead atoms. The van der Waals surface area contributed by atoms with Gasteiger partial charge in [-0.1, -0.05) is 19.9 Å². The van der Waals surface area contributed by atoms with Gasteiger partial charge < -0.3 is 9.73 Å². The molecule has 0 radical (unpaired) electrons. The van der Waals surface area contributed by atoms with Gasteiger partial charge in [0.25, 0.3) is 0 Å². The van der Waals surface area contributed by atoms with Crippen LogP contribution in [0.5, 0.6) is 0 Å². The Morgan fingerprint density at radius 2 is 2.33 bits per heavy atom. The fourth-order valence-corrected chi connectivity index (χ4v) is 1.39. The Morgan fingerprint density at radius 1 is 1.53 bits per heavy atom. The summed E-state index contributed by atoms with van der Waals surface area (Å²) < 4.78 is 5.30. The lowest BCUT2D eigenvalue weighted by Crippen LogP contribution is -2.20. The molecular formula is C13H21NO. The van der Waals surface area contributed by atoms with Gasteiger partial charge in [-0.15, -0.1) is 0 Å². The van der Waals surface area contributed by atoms with Crippen LogP contribution >= 0.6 is 0 Å². The van der Waals surface area contributed by atoms with E-state index in [1.807, 2.05) is 12.1 Å². The second-order valence-electron chi connectivity index (χ2n) is 4.25. The zero-order valence-corrected chi connectivity index (χ0v) is 9.92. The first kappa shape index (κ1) is 12.1. The molecule has 2 nitrogen and oxygen atoms in total. The van der Waals surface area contributed by atoms with E-state index in [0.717, 1.165) is 31.2 Å².